The molecular weight excluding hydrogens is 354 g/mol. The van der Waals surface area contributed by atoms with Gasteiger partial charge >= 0.3 is 11.2 Å². The summed E-state index contributed by atoms with van der Waals surface area (Å²) in [5, 5.41) is 4.02. The zero-order valence-corrected chi connectivity index (χ0v) is 13.7. The van der Waals surface area contributed by atoms with Crippen LogP contribution in [0.15, 0.2) is 48.5 Å². The highest BCUT2D eigenvalue weighted by molar-refractivity contribution is 7.96. The minimum Gasteiger partial charge on any atom is -0.458 e. The van der Waals surface area contributed by atoms with Crippen molar-refractivity contribution in [1.29, 1.82) is 0 Å². The summed E-state index contributed by atoms with van der Waals surface area (Å²) >= 11 is -0.687. The standard InChI is InChI=1S/C17H14F2O5S/c18-17(19,25-24-21)16(20)23-10-9-22-15-13-7-3-1-5-11(13)12-6-2-4-8-14(12)15/h1-8,15,21H,9-10H2. The summed E-state index contributed by atoms with van der Waals surface area (Å²) in [7, 11) is 0. The molecule has 2 aromatic carbocycles. The third-order valence-corrected chi connectivity index (χ3v) is 4.21. The van der Waals surface area contributed by atoms with E-state index in [9.17, 15) is 13.6 Å². The van der Waals surface area contributed by atoms with Gasteiger partial charge in [-0.15, -0.1) is 0 Å². The number of hydrogen-bond acceptors (Lipinski definition) is 6. The van der Waals surface area contributed by atoms with E-state index in [1.54, 1.807) is 0 Å². The highest BCUT2D eigenvalue weighted by atomic mass is 32.2. The summed E-state index contributed by atoms with van der Waals surface area (Å²) < 4.78 is 39.7. The molecule has 0 amide bonds. The molecule has 5 nitrogen and oxygen atoms in total. The van der Waals surface area contributed by atoms with Crippen LogP contribution in [0.25, 0.3) is 11.1 Å². The molecule has 0 radical (unpaired) electrons. The number of benzene rings is 2. The molecule has 0 heterocycles. The van der Waals surface area contributed by atoms with E-state index in [-0.39, 0.29) is 19.3 Å². The first-order valence-corrected chi connectivity index (χ1v) is 8.13. The predicted molar refractivity (Wildman–Crippen MR) is 86.9 cm³/mol. The second-order valence-corrected chi connectivity index (χ2v) is 6.06. The second-order valence-electron chi connectivity index (χ2n) is 5.24. The Kier molecular flexibility index (Phi) is 5.33. The van der Waals surface area contributed by atoms with E-state index in [1.165, 1.54) is 0 Å². The van der Waals surface area contributed by atoms with Gasteiger partial charge in [-0.2, -0.15) is 13.1 Å². The fourth-order valence-electron chi connectivity index (χ4n) is 2.75. The van der Waals surface area contributed by atoms with E-state index in [4.69, 9.17) is 9.99 Å². The van der Waals surface area contributed by atoms with Crippen LogP contribution >= 0.6 is 12.0 Å². The van der Waals surface area contributed by atoms with Crippen molar-refractivity contribution in [1.82, 2.24) is 0 Å². The van der Waals surface area contributed by atoms with Gasteiger partial charge in [0.05, 0.1) is 6.61 Å². The highest BCUT2D eigenvalue weighted by Gasteiger charge is 2.43. The van der Waals surface area contributed by atoms with Gasteiger partial charge in [-0.05, 0) is 22.3 Å². The number of esters is 1. The minimum atomic E-state index is -3.98. The maximum absolute atomic E-state index is 13.1. The maximum Gasteiger partial charge on any atom is 0.415 e. The average Bonchev–Trinajstić information content (AvgIpc) is 2.93. The molecule has 0 aliphatic heterocycles. The fraction of sp³-hybridized carbons (Fsp3) is 0.235. The lowest BCUT2D eigenvalue weighted by molar-refractivity contribution is -0.166. The summed E-state index contributed by atoms with van der Waals surface area (Å²) in [6.07, 6.45) is -0.346. The van der Waals surface area contributed by atoms with E-state index in [0.717, 1.165) is 22.3 Å². The molecule has 25 heavy (non-hydrogen) atoms. The molecule has 0 saturated heterocycles. The maximum atomic E-state index is 13.1. The SMILES string of the molecule is O=C(OCCOC1c2ccccc2-c2ccccc21)C(F)(F)SOO. The molecule has 0 spiro atoms. The first-order valence-electron chi connectivity index (χ1n) is 7.38. The Balaban J connectivity index is 1.62. The van der Waals surface area contributed by atoms with Gasteiger partial charge in [0.2, 0.25) is 0 Å². The van der Waals surface area contributed by atoms with Crippen molar-refractivity contribution < 1.29 is 32.6 Å². The third kappa shape index (κ3) is 3.67. The van der Waals surface area contributed by atoms with Gasteiger partial charge in [-0.3, -0.25) is 0 Å². The van der Waals surface area contributed by atoms with E-state index in [1.807, 2.05) is 48.5 Å². The molecule has 1 aliphatic carbocycles. The van der Waals surface area contributed by atoms with Gasteiger partial charge in [0.1, 0.15) is 24.8 Å². The van der Waals surface area contributed by atoms with Crippen LogP contribution in [0.4, 0.5) is 8.78 Å². The van der Waals surface area contributed by atoms with Gasteiger partial charge in [-0.1, -0.05) is 48.5 Å². The monoisotopic (exact) mass is 368 g/mol. The first kappa shape index (κ1) is 17.8. The molecule has 0 bridgehead atoms. The molecule has 0 unspecified atom stereocenters. The van der Waals surface area contributed by atoms with Crippen molar-refractivity contribution in [3.8, 4) is 11.1 Å². The quantitative estimate of drug-likeness (QED) is 0.262. The van der Waals surface area contributed by atoms with Crippen LogP contribution < -0.4 is 0 Å². The number of hydrogen-bond donors (Lipinski definition) is 1. The summed E-state index contributed by atoms with van der Waals surface area (Å²) in [6.45, 7) is -0.402. The Morgan fingerprint density at radius 3 is 2.16 bits per heavy atom. The van der Waals surface area contributed by atoms with E-state index < -0.39 is 23.3 Å². The molecule has 2 aromatic rings. The lowest BCUT2D eigenvalue weighted by Gasteiger charge is -2.16. The zero-order valence-electron chi connectivity index (χ0n) is 12.9. The molecule has 0 aromatic heterocycles. The molecular formula is C17H14F2O5S. The van der Waals surface area contributed by atoms with Crippen molar-refractivity contribution in [2.45, 2.75) is 11.4 Å². The average molecular weight is 368 g/mol. The summed E-state index contributed by atoms with van der Waals surface area (Å²) in [5.41, 5.74) is 4.07. The van der Waals surface area contributed by atoms with Crippen molar-refractivity contribution in [3.63, 3.8) is 0 Å². The first-order chi connectivity index (χ1) is 12.0. The van der Waals surface area contributed by atoms with Crippen molar-refractivity contribution in [2.24, 2.45) is 0 Å². The van der Waals surface area contributed by atoms with Gasteiger partial charge < -0.3 is 9.47 Å². The van der Waals surface area contributed by atoms with E-state index in [2.05, 4.69) is 9.07 Å². The Morgan fingerprint density at radius 1 is 1.04 bits per heavy atom. The topological polar surface area (TPSA) is 65.0 Å². The minimum absolute atomic E-state index is 0.0557. The van der Waals surface area contributed by atoms with Gasteiger partial charge in [0.15, 0.2) is 0 Å². The fourth-order valence-corrected chi connectivity index (χ4v) is 2.97. The predicted octanol–water partition coefficient (Wildman–Crippen LogP) is 4.05. The largest absolute Gasteiger partial charge is 0.458 e. The zero-order chi connectivity index (χ0) is 17.9. The molecule has 0 saturated carbocycles. The second kappa shape index (κ2) is 7.49. The molecule has 1 N–H and O–H groups in total. The van der Waals surface area contributed by atoms with Crippen molar-refractivity contribution in [2.75, 3.05) is 13.2 Å². The van der Waals surface area contributed by atoms with Crippen LogP contribution in [-0.4, -0.2) is 29.7 Å². The van der Waals surface area contributed by atoms with Crippen LogP contribution in [0.2, 0.25) is 0 Å². The number of carbonyl (C=O) groups excluding carboxylic acids is 1. The van der Waals surface area contributed by atoms with E-state index >= 15 is 0 Å². The number of fused-ring (bicyclic) bond motifs is 3. The number of carbonyl (C=O) groups is 1. The lowest BCUT2D eigenvalue weighted by Crippen LogP contribution is -2.28. The summed E-state index contributed by atoms with van der Waals surface area (Å²) in [6, 6.07) is 15.5. The Labute approximate surface area is 146 Å². The molecule has 3 rings (SSSR count). The molecule has 1 aliphatic rings. The summed E-state index contributed by atoms with van der Waals surface area (Å²) in [4.78, 5) is 11.2. The van der Waals surface area contributed by atoms with Crippen molar-refractivity contribution in [3.05, 3.63) is 59.7 Å². The third-order valence-electron chi connectivity index (χ3n) is 3.76. The van der Waals surface area contributed by atoms with Crippen molar-refractivity contribution >= 4 is 18.0 Å². The highest BCUT2D eigenvalue weighted by Crippen LogP contribution is 2.44. The molecule has 8 heteroatoms. The van der Waals surface area contributed by atoms with E-state index in [0.29, 0.717) is 0 Å². The van der Waals surface area contributed by atoms with Crippen LogP contribution in [-0.2, 0) is 18.6 Å². The molecule has 132 valence electrons. The Bertz CT molecular complexity index is 723. The van der Waals surface area contributed by atoms with Crippen LogP contribution in [0.5, 0.6) is 0 Å². The van der Waals surface area contributed by atoms with Crippen LogP contribution in [0, 0.1) is 0 Å². The number of rotatable bonds is 7. The molecule has 0 atom stereocenters. The number of halogens is 2. The number of alkyl halides is 2. The van der Waals surface area contributed by atoms with Crippen LogP contribution in [0.3, 0.4) is 0 Å². The normalized spacial score (nSPS) is 13.4. The van der Waals surface area contributed by atoms with Gasteiger partial charge in [0, 0.05) is 0 Å². The van der Waals surface area contributed by atoms with Gasteiger partial charge in [-0.25, -0.2) is 10.1 Å². The lowest BCUT2D eigenvalue weighted by atomic mass is 10.1. The van der Waals surface area contributed by atoms with Gasteiger partial charge in [0.25, 0.3) is 0 Å². The summed E-state index contributed by atoms with van der Waals surface area (Å²) in [5.74, 6) is -1.80. The Hall–Kier alpha value is -2.00. The smallest absolute Gasteiger partial charge is 0.415 e. The molecule has 0 fully saturated rings. The van der Waals surface area contributed by atoms with Crippen LogP contribution in [0.1, 0.15) is 17.2 Å². The number of ether oxygens (including phenoxy) is 2. The Morgan fingerprint density at radius 2 is 1.60 bits per heavy atom.